The Morgan fingerprint density at radius 2 is 1.53 bits per heavy atom. The number of nitrogens with zero attached hydrogens (tertiary/aromatic N) is 3. The summed E-state index contributed by atoms with van der Waals surface area (Å²) in [4.78, 5) is 14.8. The van der Waals surface area contributed by atoms with E-state index in [9.17, 15) is 4.79 Å². The number of carbonyl (C=O) groups is 1. The van der Waals surface area contributed by atoms with Crippen molar-refractivity contribution in [3.63, 3.8) is 0 Å². The van der Waals surface area contributed by atoms with E-state index >= 15 is 0 Å². The van der Waals surface area contributed by atoms with Gasteiger partial charge in [0.25, 0.3) is 0 Å². The Morgan fingerprint density at radius 3 is 2.12 bits per heavy atom. The van der Waals surface area contributed by atoms with Crippen LogP contribution in [0.3, 0.4) is 0 Å². The number of rotatable bonds is 6. The molecule has 0 spiro atoms. The zero-order chi connectivity index (χ0) is 22.3. The molecule has 0 saturated carbocycles. The SMILES string of the molecule is COc1cccc(OC)c1NC(=O)Nc1ccc(-c2ccc(N3CCCCC3)nn2)cc1. The summed E-state index contributed by atoms with van der Waals surface area (Å²) < 4.78 is 10.6. The van der Waals surface area contributed by atoms with Crippen LogP contribution in [0.25, 0.3) is 11.3 Å². The minimum Gasteiger partial charge on any atom is -0.494 e. The zero-order valence-corrected chi connectivity index (χ0v) is 18.3. The van der Waals surface area contributed by atoms with Gasteiger partial charge in [0.15, 0.2) is 5.82 Å². The molecule has 8 heteroatoms. The molecule has 0 aliphatic carbocycles. The van der Waals surface area contributed by atoms with E-state index in [0.29, 0.717) is 22.9 Å². The zero-order valence-electron chi connectivity index (χ0n) is 18.3. The van der Waals surface area contributed by atoms with E-state index in [-0.39, 0.29) is 0 Å². The molecule has 2 amide bonds. The summed E-state index contributed by atoms with van der Waals surface area (Å²) in [5, 5.41) is 14.4. The first-order chi connectivity index (χ1) is 15.7. The Bertz CT molecular complexity index is 1030. The monoisotopic (exact) mass is 433 g/mol. The number of piperidine rings is 1. The van der Waals surface area contributed by atoms with E-state index in [1.54, 1.807) is 32.4 Å². The van der Waals surface area contributed by atoms with Crippen LogP contribution >= 0.6 is 0 Å². The molecule has 2 heterocycles. The molecule has 4 rings (SSSR count). The molecule has 1 saturated heterocycles. The van der Waals surface area contributed by atoms with Crippen LogP contribution in [0.15, 0.2) is 54.6 Å². The molecule has 1 aliphatic rings. The van der Waals surface area contributed by atoms with E-state index in [4.69, 9.17) is 9.47 Å². The predicted molar refractivity (Wildman–Crippen MR) is 126 cm³/mol. The second-order valence-corrected chi connectivity index (χ2v) is 7.52. The molecule has 8 nitrogen and oxygen atoms in total. The van der Waals surface area contributed by atoms with Gasteiger partial charge in [-0.2, -0.15) is 0 Å². The van der Waals surface area contributed by atoms with Gasteiger partial charge >= 0.3 is 6.03 Å². The highest BCUT2D eigenvalue weighted by atomic mass is 16.5. The minimum absolute atomic E-state index is 0.397. The summed E-state index contributed by atoms with van der Waals surface area (Å²) in [6, 6.07) is 16.4. The minimum atomic E-state index is -0.397. The lowest BCUT2D eigenvalue weighted by atomic mass is 10.1. The van der Waals surface area contributed by atoms with E-state index in [1.807, 2.05) is 36.4 Å². The average Bonchev–Trinajstić information content (AvgIpc) is 2.85. The van der Waals surface area contributed by atoms with Gasteiger partial charge in [0, 0.05) is 24.3 Å². The summed E-state index contributed by atoms with van der Waals surface area (Å²) in [5.41, 5.74) is 2.84. The van der Waals surface area contributed by atoms with Crippen molar-refractivity contribution in [3.8, 4) is 22.8 Å². The fourth-order valence-corrected chi connectivity index (χ4v) is 3.75. The molecule has 3 aromatic rings. The topological polar surface area (TPSA) is 88.6 Å². The van der Waals surface area contributed by atoms with Crippen molar-refractivity contribution in [2.45, 2.75) is 19.3 Å². The smallest absolute Gasteiger partial charge is 0.323 e. The maximum absolute atomic E-state index is 12.5. The Labute approximate surface area is 187 Å². The van der Waals surface area contributed by atoms with Crippen molar-refractivity contribution in [2.24, 2.45) is 0 Å². The van der Waals surface area contributed by atoms with Gasteiger partial charge in [0.2, 0.25) is 0 Å². The molecular formula is C24H27N5O3. The quantitative estimate of drug-likeness (QED) is 0.581. The molecule has 1 aromatic heterocycles. The van der Waals surface area contributed by atoms with Crippen LogP contribution in [0.5, 0.6) is 11.5 Å². The van der Waals surface area contributed by atoms with Crippen LogP contribution in [0.4, 0.5) is 22.0 Å². The molecule has 2 N–H and O–H groups in total. The standard InChI is InChI=1S/C24H27N5O3/c1-31-20-7-6-8-21(32-2)23(20)26-24(30)25-18-11-9-17(10-12-18)19-13-14-22(28-27-19)29-15-4-3-5-16-29/h6-14H,3-5,15-16H2,1-2H3,(H2,25,26,30). The number of amides is 2. The Morgan fingerprint density at radius 1 is 0.844 bits per heavy atom. The predicted octanol–water partition coefficient (Wildman–Crippen LogP) is 4.80. The third kappa shape index (κ3) is 4.91. The van der Waals surface area contributed by atoms with Crippen molar-refractivity contribution in [1.82, 2.24) is 10.2 Å². The maximum Gasteiger partial charge on any atom is 0.323 e. The third-order valence-electron chi connectivity index (χ3n) is 5.44. The summed E-state index contributed by atoms with van der Waals surface area (Å²) in [6.07, 6.45) is 3.69. The molecule has 2 aromatic carbocycles. The van der Waals surface area contributed by atoms with Gasteiger partial charge in [-0.05, 0) is 55.7 Å². The number of hydrogen-bond acceptors (Lipinski definition) is 6. The van der Waals surface area contributed by atoms with Gasteiger partial charge in [0.05, 0.1) is 19.9 Å². The summed E-state index contributed by atoms with van der Waals surface area (Å²) >= 11 is 0. The Kier molecular flexibility index (Phi) is 6.69. The second-order valence-electron chi connectivity index (χ2n) is 7.52. The van der Waals surface area contributed by atoms with E-state index in [1.165, 1.54) is 19.3 Å². The molecule has 0 radical (unpaired) electrons. The number of ether oxygens (including phenoxy) is 2. The third-order valence-corrected chi connectivity index (χ3v) is 5.44. The van der Waals surface area contributed by atoms with Crippen LogP contribution in [0.1, 0.15) is 19.3 Å². The lowest BCUT2D eigenvalue weighted by Crippen LogP contribution is -2.30. The number of para-hydroxylation sites is 1. The molecule has 0 bridgehead atoms. The van der Waals surface area contributed by atoms with E-state index in [0.717, 1.165) is 30.2 Å². The molecular weight excluding hydrogens is 406 g/mol. The summed E-state index contributed by atoms with van der Waals surface area (Å²) in [5.74, 6) is 1.96. The van der Waals surface area contributed by atoms with Gasteiger partial charge in [-0.25, -0.2) is 4.79 Å². The van der Waals surface area contributed by atoms with Crippen LogP contribution in [0, 0.1) is 0 Å². The fourth-order valence-electron chi connectivity index (χ4n) is 3.75. The first-order valence-corrected chi connectivity index (χ1v) is 10.7. The van der Waals surface area contributed by atoms with Crippen molar-refractivity contribution < 1.29 is 14.3 Å². The largest absolute Gasteiger partial charge is 0.494 e. The van der Waals surface area contributed by atoms with Crippen molar-refractivity contribution >= 4 is 23.2 Å². The van der Waals surface area contributed by atoms with Crippen molar-refractivity contribution in [2.75, 3.05) is 42.8 Å². The number of methoxy groups -OCH3 is 2. The van der Waals surface area contributed by atoms with Crippen LogP contribution in [0.2, 0.25) is 0 Å². The second kappa shape index (κ2) is 10.00. The Balaban J connectivity index is 1.40. The highest BCUT2D eigenvalue weighted by Gasteiger charge is 2.14. The number of anilines is 3. The normalized spacial score (nSPS) is 13.4. The highest BCUT2D eigenvalue weighted by Crippen LogP contribution is 2.34. The summed E-state index contributed by atoms with van der Waals surface area (Å²) in [6.45, 7) is 2.08. The lowest BCUT2D eigenvalue weighted by molar-refractivity contribution is 0.262. The lowest BCUT2D eigenvalue weighted by Gasteiger charge is -2.27. The number of benzene rings is 2. The van der Waals surface area contributed by atoms with Gasteiger partial charge < -0.3 is 25.0 Å². The fraction of sp³-hybridized carbons (Fsp3) is 0.292. The number of hydrogen-bond donors (Lipinski definition) is 2. The number of carbonyl (C=O) groups excluding carboxylic acids is 1. The van der Waals surface area contributed by atoms with E-state index < -0.39 is 6.03 Å². The first kappa shape index (κ1) is 21.4. The summed E-state index contributed by atoms with van der Waals surface area (Å²) in [7, 11) is 3.08. The highest BCUT2D eigenvalue weighted by molar-refractivity contribution is 6.01. The Hall–Kier alpha value is -3.81. The first-order valence-electron chi connectivity index (χ1n) is 10.7. The van der Waals surface area contributed by atoms with Crippen molar-refractivity contribution in [3.05, 3.63) is 54.6 Å². The van der Waals surface area contributed by atoms with Crippen LogP contribution in [-0.4, -0.2) is 43.5 Å². The molecule has 1 fully saturated rings. The average molecular weight is 434 g/mol. The van der Waals surface area contributed by atoms with E-state index in [2.05, 4.69) is 25.7 Å². The molecule has 166 valence electrons. The maximum atomic E-state index is 12.5. The number of urea groups is 1. The molecule has 32 heavy (non-hydrogen) atoms. The molecule has 0 atom stereocenters. The van der Waals surface area contributed by atoms with Gasteiger partial charge in [-0.1, -0.05) is 18.2 Å². The van der Waals surface area contributed by atoms with Crippen LogP contribution in [-0.2, 0) is 0 Å². The van der Waals surface area contributed by atoms with Gasteiger partial charge in [0.1, 0.15) is 17.2 Å². The number of aromatic nitrogens is 2. The molecule has 1 aliphatic heterocycles. The van der Waals surface area contributed by atoms with Crippen molar-refractivity contribution in [1.29, 1.82) is 0 Å². The molecule has 0 unspecified atom stereocenters. The van der Waals surface area contributed by atoms with Gasteiger partial charge in [-0.3, -0.25) is 0 Å². The van der Waals surface area contributed by atoms with Crippen LogP contribution < -0.4 is 25.0 Å². The number of nitrogens with one attached hydrogen (secondary N) is 2. The van der Waals surface area contributed by atoms with Gasteiger partial charge in [-0.15, -0.1) is 10.2 Å².